The van der Waals surface area contributed by atoms with Gasteiger partial charge in [-0.15, -0.1) is 0 Å². The molecule has 1 atom stereocenters. The number of carbonyl (C=O) groups is 1. The van der Waals surface area contributed by atoms with Crippen molar-refractivity contribution in [3.05, 3.63) is 0 Å². The lowest BCUT2D eigenvalue weighted by atomic mass is 9.68. The summed E-state index contributed by atoms with van der Waals surface area (Å²) >= 11 is 0. The largest absolute Gasteiger partial charge is 0.343 e. The molecule has 0 spiro atoms. The average molecular weight is 280 g/mol. The minimum Gasteiger partial charge on any atom is -0.343 e. The average Bonchev–Trinajstić information content (AvgIpc) is 2.45. The van der Waals surface area contributed by atoms with Gasteiger partial charge in [0.2, 0.25) is 5.91 Å². The van der Waals surface area contributed by atoms with Gasteiger partial charge in [-0.3, -0.25) is 4.79 Å². The molecule has 2 aliphatic carbocycles. The summed E-state index contributed by atoms with van der Waals surface area (Å²) in [5, 5.41) is 3.37. The Labute approximate surface area is 124 Å². The number of amides is 1. The van der Waals surface area contributed by atoms with Crippen molar-refractivity contribution in [1.29, 1.82) is 0 Å². The van der Waals surface area contributed by atoms with Gasteiger partial charge < -0.3 is 10.2 Å². The number of nitrogens with zero attached hydrogens (tertiary/aromatic N) is 1. The predicted octanol–water partition coefficient (Wildman–Crippen LogP) is 3.19. The molecule has 0 aromatic rings. The summed E-state index contributed by atoms with van der Waals surface area (Å²) in [7, 11) is 4.09. The Bertz CT molecular complexity index is 332. The monoisotopic (exact) mass is 280 g/mol. The van der Waals surface area contributed by atoms with E-state index in [-0.39, 0.29) is 11.3 Å². The summed E-state index contributed by atoms with van der Waals surface area (Å²) in [5.74, 6) is 0.644. The third-order valence-electron chi connectivity index (χ3n) is 5.81. The third-order valence-corrected chi connectivity index (χ3v) is 5.81. The lowest BCUT2D eigenvalue weighted by molar-refractivity contribution is -0.142. The lowest BCUT2D eigenvalue weighted by Crippen LogP contribution is -2.48. The van der Waals surface area contributed by atoms with Gasteiger partial charge in [0.1, 0.15) is 0 Å². The summed E-state index contributed by atoms with van der Waals surface area (Å²) < 4.78 is 0. The summed E-state index contributed by atoms with van der Waals surface area (Å²) in [4.78, 5) is 15.0. The molecule has 2 fully saturated rings. The van der Waals surface area contributed by atoms with Crippen LogP contribution in [-0.4, -0.2) is 37.0 Å². The van der Waals surface area contributed by atoms with E-state index in [0.717, 1.165) is 19.3 Å². The first kappa shape index (κ1) is 15.8. The van der Waals surface area contributed by atoms with Crippen molar-refractivity contribution in [3.63, 3.8) is 0 Å². The first-order valence-corrected chi connectivity index (χ1v) is 8.39. The van der Waals surface area contributed by atoms with Crippen LogP contribution in [0.15, 0.2) is 0 Å². The molecule has 2 saturated carbocycles. The van der Waals surface area contributed by atoms with Gasteiger partial charge in [0.05, 0.1) is 0 Å². The van der Waals surface area contributed by atoms with Gasteiger partial charge in [-0.25, -0.2) is 0 Å². The molecule has 3 nitrogen and oxygen atoms in total. The molecule has 0 radical (unpaired) electrons. The summed E-state index contributed by atoms with van der Waals surface area (Å²) in [6, 6.07) is 1.12. The van der Waals surface area contributed by atoms with Crippen molar-refractivity contribution >= 4 is 5.91 Å². The number of carbonyl (C=O) groups excluding carboxylic acids is 1. The second kappa shape index (κ2) is 6.46. The Balaban J connectivity index is 1.95. The van der Waals surface area contributed by atoms with E-state index in [2.05, 4.69) is 24.1 Å². The van der Waals surface area contributed by atoms with Crippen LogP contribution in [-0.2, 0) is 4.79 Å². The first-order chi connectivity index (χ1) is 9.45. The highest BCUT2D eigenvalue weighted by Gasteiger charge is 2.40. The molecule has 1 N–H and O–H groups in total. The molecular formula is C17H32N2O. The standard InChI is InChI=1S/C17H32N2O/c1-17(2)12-6-5-7-15(17)16(20)19(4)14-10-8-13(18-3)9-11-14/h13-15,18H,5-12H2,1-4H3. The van der Waals surface area contributed by atoms with Gasteiger partial charge in [0, 0.05) is 25.0 Å². The molecule has 0 aromatic heterocycles. The zero-order chi connectivity index (χ0) is 14.8. The van der Waals surface area contributed by atoms with E-state index in [4.69, 9.17) is 0 Å². The quantitative estimate of drug-likeness (QED) is 0.861. The second-order valence-electron chi connectivity index (χ2n) is 7.53. The maximum absolute atomic E-state index is 12.9. The van der Waals surface area contributed by atoms with Crippen LogP contribution in [0.5, 0.6) is 0 Å². The second-order valence-corrected chi connectivity index (χ2v) is 7.53. The van der Waals surface area contributed by atoms with Gasteiger partial charge in [-0.2, -0.15) is 0 Å². The molecule has 20 heavy (non-hydrogen) atoms. The van der Waals surface area contributed by atoms with Crippen LogP contribution < -0.4 is 5.32 Å². The molecule has 2 aliphatic rings. The Morgan fingerprint density at radius 1 is 1.10 bits per heavy atom. The molecule has 0 saturated heterocycles. The lowest BCUT2D eigenvalue weighted by Gasteiger charge is -2.42. The van der Waals surface area contributed by atoms with Crippen molar-refractivity contribution in [2.24, 2.45) is 11.3 Å². The number of rotatable bonds is 3. The molecule has 3 heteroatoms. The van der Waals surface area contributed by atoms with Gasteiger partial charge in [0.15, 0.2) is 0 Å². The van der Waals surface area contributed by atoms with E-state index in [0.29, 0.717) is 18.0 Å². The summed E-state index contributed by atoms with van der Waals surface area (Å²) in [5.41, 5.74) is 0.186. The fourth-order valence-electron chi connectivity index (χ4n) is 4.13. The van der Waals surface area contributed by atoms with Crippen molar-refractivity contribution in [3.8, 4) is 0 Å². The van der Waals surface area contributed by atoms with Gasteiger partial charge in [-0.1, -0.05) is 26.7 Å². The van der Waals surface area contributed by atoms with Crippen LogP contribution in [0.1, 0.15) is 65.2 Å². The Morgan fingerprint density at radius 2 is 1.75 bits per heavy atom. The van der Waals surface area contributed by atoms with E-state index in [1.807, 2.05) is 14.1 Å². The molecule has 1 amide bonds. The molecule has 0 bridgehead atoms. The highest BCUT2D eigenvalue weighted by molar-refractivity contribution is 5.79. The minimum atomic E-state index is 0.186. The third kappa shape index (κ3) is 3.36. The van der Waals surface area contributed by atoms with E-state index in [1.165, 1.54) is 32.1 Å². The smallest absolute Gasteiger partial charge is 0.226 e. The van der Waals surface area contributed by atoms with Crippen LogP contribution in [0.4, 0.5) is 0 Å². The molecule has 2 rings (SSSR count). The van der Waals surface area contributed by atoms with Crippen LogP contribution in [0.3, 0.4) is 0 Å². The molecule has 0 aromatic carbocycles. The summed E-state index contributed by atoms with van der Waals surface area (Å²) in [6.07, 6.45) is 9.50. The maximum Gasteiger partial charge on any atom is 0.226 e. The number of hydrogen-bond donors (Lipinski definition) is 1. The fraction of sp³-hybridized carbons (Fsp3) is 0.941. The van der Waals surface area contributed by atoms with Crippen LogP contribution in [0.2, 0.25) is 0 Å². The van der Waals surface area contributed by atoms with E-state index >= 15 is 0 Å². The van der Waals surface area contributed by atoms with Crippen molar-refractivity contribution in [1.82, 2.24) is 10.2 Å². The van der Waals surface area contributed by atoms with Crippen molar-refractivity contribution < 1.29 is 4.79 Å². The summed E-state index contributed by atoms with van der Waals surface area (Å²) in [6.45, 7) is 4.56. The molecule has 116 valence electrons. The minimum absolute atomic E-state index is 0.186. The topological polar surface area (TPSA) is 32.3 Å². The Hall–Kier alpha value is -0.570. The van der Waals surface area contributed by atoms with Crippen molar-refractivity contribution in [2.45, 2.75) is 77.3 Å². The van der Waals surface area contributed by atoms with Gasteiger partial charge in [0.25, 0.3) is 0 Å². The zero-order valence-corrected chi connectivity index (χ0v) is 13.7. The molecule has 0 aliphatic heterocycles. The van der Waals surface area contributed by atoms with Crippen LogP contribution >= 0.6 is 0 Å². The highest BCUT2D eigenvalue weighted by Crippen LogP contribution is 2.42. The Morgan fingerprint density at radius 3 is 2.30 bits per heavy atom. The van der Waals surface area contributed by atoms with Gasteiger partial charge >= 0.3 is 0 Å². The van der Waals surface area contributed by atoms with Crippen LogP contribution in [0, 0.1) is 11.3 Å². The Kier molecular flexibility index (Phi) is 5.11. The van der Waals surface area contributed by atoms with Crippen LogP contribution in [0.25, 0.3) is 0 Å². The molecule has 1 unspecified atom stereocenters. The zero-order valence-electron chi connectivity index (χ0n) is 13.7. The normalized spacial score (nSPS) is 33.7. The van der Waals surface area contributed by atoms with E-state index in [9.17, 15) is 4.79 Å². The predicted molar refractivity (Wildman–Crippen MR) is 83.6 cm³/mol. The van der Waals surface area contributed by atoms with E-state index in [1.54, 1.807) is 0 Å². The SMILES string of the molecule is CNC1CCC(N(C)C(=O)C2CCCCC2(C)C)CC1. The number of nitrogens with one attached hydrogen (secondary N) is 1. The maximum atomic E-state index is 12.9. The van der Waals surface area contributed by atoms with Crippen molar-refractivity contribution in [2.75, 3.05) is 14.1 Å². The number of hydrogen-bond acceptors (Lipinski definition) is 2. The first-order valence-electron chi connectivity index (χ1n) is 8.39. The fourth-order valence-corrected chi connectivity index (χ4v) is 4.13. The van der Waals surface area contributed by atoms with Gasteiger partial charge in [-0.05, 0) is 51.0 Å². The molecular weight excluding hydrogens is 248 g/mol. The van der Waals surface area contributed by atoms with E-state index < -0.39 is 0 Å². The highest BCUT2D eigenvalue weighted by atomic mass is 16.2. The molecule has 0 heterocycles.